The van der Waals surface area contributed by atoms with Crippen molar-refractivity contribution >= 4 is 19.9 Å². The van der Waals surface area contributed by atoms with E-state index in [1.807, 2.05) is 13.8 Å². The van der Waals surface area contributed by atoms with Gasteiger partial charge in [0.2, 0.25) is 10.0 Å². The van der Waals surface area contributed by atoms with Crippen LogP contribution in [0.5, 0.6) is 0 Å². The van der Waals surface area contributed by atoms with Crippen LogP contribution in [-0.4, -0.2) is 53.2 Å². The molecule has 0 aliphatic carbocycles. The average molecular weight is 378 g/mol. The Kier molecular flexibility index (Phi) is 7.85. The lowest BCUT2D eigenvalue weighted by Crippen LogP contribution is -2.41. The summed E-state index contributed by atoms with van der Waals surface area (Å²) in [4.78, 5) is 0.232. The van der Waals surface area contributed by atoms with Crippen LogP contribution in [-0.2, 0) is 24.6 Å². The molecule has 0 heterocycles. The zero-order valence-corrected chi connectivity index (χ0v) is 16.4. The Morgan fingerprint density at radius 2 is 1.46 bits per heavy atom. The summed E-state index contributed by atoms with van der Waals surface area (Å²) in [5, 5.41) is 0. The molecular formula is C16H27NO5S2. The molecule has 0 aromatic heterocycles. The highest BCUT2D eigenvalue weighted by atomic mass is 32.2. The first-order valence-corrected chi connectivity index (χ1v) is 11.2. The maximum atomic E-state index is 12.9. The molecule has 0 aliphatic heterocycles. The minimum atomic E-state index is -3.71. The first-order chi connectivity index (χ1) is 11.2. The van der Waals surface area contributed by atoms with Gasteiger partial charge in [-0.3, -0.25) is 0 Å². The lowest BCUT2D eigenvalue weighted by Gasteiger charge is -2.29. The number of sulfonamides is 1. The van der Waals surface area contributed by atoms with Crippen molar-refractivity contribution in [1.29, 1.82) is 0 Å². The average Bonchev–Trinajstić information content (AvgIpc) is 2.58. The van der Waals surface area contributed by atoms with Crippen molar-refractivity contribution in [3.8, 4) is 0 Å². The van der Waals surface area contributed by atoms with Crippen LogP contribution in [0.2, 0.25) is 0 Å². The summed E-state index contributed by atoms with van der Waals surface area (Å²) < 4.78 is 56.1. The smallest absolute Gasteiger partial charge is 0.243 e. The van der Waals surface area contributed by atoms with Gasteiger partial charge in [0.25, 0.3) is 0 Å². The summed E-state index contributed by atoms with van der Waals surface area (Å²) in [6, 6.07) is 5.31. The van der Waals surface area contributed by atoms with Gasteiger partial charge in [-0.2, -0.15) is 4.31 Å². The normalized spacial score (nSPS) is 12.9. The van der Waals surface area contributed by atoms with Gasteiger partial charge in [-0.15, -0.1) is 0 Å². The molecule has 6 nitrogen and oxygen atoms in total. The standard InChI is InChI=1S/C16H27NO5S2/c1-5-14(6-2)17(12-13-22-4)24(20,21)16-10-8-15(9-11-16)23(18,19)7-3/h8-11,14H,5-7,12-13H2,1-4H3. The van der Waals surface area contributed by atoms with Crippen molar-refractivity contribution < 1.29 is 21.6 Å². The van der Waals surface area contributed by atoms with E-state index in [9.17, 15) is 16.8 Å². The first-order valence-electron chi connectivity index (χ1n) is 8.08. The van der Waals surface area contributed by atoms with E-state index in [2.05, 4.69) is 0 Å². The summed E-state index contributed by atoms with van der Waals surface area (Å²) >= 11 is 0. The van der Waals surface area contributed by atoms with Gasteiger partial charge in [-0.1, -0.05) is 20.8 Å². The quantitative estimate of drug-likeness (QED) is 0.625. The monoisotopic (exact) mass is 377 g/mol. The predicted octanol–water partition coefficient (Wildman–Crippen LogP) is 2.31. The van der Waals surface area contributed by atoms with Crippen molar-refractivity contribution in [2.24, 2.45) is 0 Å². The minimum Gasteiger partial charge on any atom is -0.383 e. The van der Waals surface area contributed by atoms with Crippen LogP contribution in [0.15, 0.2) is 34.1 Å². The molecule has 0 aliphatic rings. The van der Waals surface area contributed by atoms with Crippen molar-refractivity contribution in [3.63, 3.8) is 0 Å². The van der Waals surface area contributed by atoms with E-state index in [0.717, 1.165) is 0 Å². The lowest BCUT2D eigenvalue weighted by atomic mass is 10.2. The number of ether oxygens (including phenoxy) is 1. The van der Waals surface area contributed by atoms with Crippen LogP contribution >= 0.6 is 0 Å². The van der Waals surface area contributed by atoms with E-state index >= 15 is 0 Å². The Labute approximate surface area is 145 Å². The Bertz CT molecular complexity index is 707. The van der Waals surface area contributed by atoms with Crippen LogP contribution in [0.25, 0.3) is 0 Å². The fourth-order valence-electron chi connectivity index (χ4n) is 2.50. The summed E-state index contributed by atoms with van der Waals surface area (Å²) in [5.41, 5.74) is 0. The van der Waals surface area contributed by atoms with Crippen molar-refractivity contribution in [3.05, 3.63) is 24.3 Å². The third kappa shape index (κ3) is 4.78. The van der Waals surface area contributed by atoms with Crippen molar-refractivity contribution in [2.75, 3.05) is 26.0 Å². The van der Waals surface area contributed by atoms with E-state index in [1.54, 1.807) is 6.92 Å². The Morgan fingerprint density at radius 1 is 0.958 bits per heavy atom. The van der Waals surface area contributed by atoms with Crippen LogP contribution in [0, 0.1) is 0 Å². The van der Waals surface area contributed by atoms with Crippen LogP contribution in [0.4, 0.5) is 0 Å². The minimum absolute atomic E-state index is 0.0210. The second kappa shape index (κ2) is 8.94. The summed E-state index contributed by atoms with van der Waals surface area (Å²) in [6.07, 6.45) is 1.39. The summed E-state index contributed by atoms with van der Waals surface area (Å²) in [7, 11) is -5.53. The molecule has 0 saturated heterocycles. The molecular weight excluding hydrogens is 350 g/mol. The second-order valence-electron chi connectivity index (χ2n) is 5.45. The van der Waals surface area contributed by atoms with Crippen LogP contribution in [0.1, 0.15) is 33.6 Å². The van der Waals surface area contributed by atoms with E-state index in [0.29, 0.717) is 19.4 Å². The summed E-state index contributed by atoms with van der Waals surface area (Å²) in [6.45, 7) is 6.01. The van der Waals surface area contributed by atoms with Gasteiger partial charge in [-0.25, -0.2) is 16.8 Å². The van der Waals surface area contributed by atoms with Crippen molar-refractivity contribution in [1.82, 2.24) is 4.31 Å². The van der Waals surface area contributed by atoms with Gasteiger partial charge in [0, 0.05) is 19.7 Å². The molecule has 1 aromatic carbocycles. The van der Waals surface area contributed by atoms with E-state index < -0.39 is 19.9 Å². The molecule has 24 heavy (non-hydrogen) atoms. The molecule has 0 fully saturated rings. The molecule has 0 spiro atoms. The third-order valence-electron chi connectivity index (χ3n) is 4.04. The highest BCUT2D eigenvalue weighted by Crippen LogP contribution is 2.23. The molecule has 0 bridgehead atoms. The lowest BCUT2D eigenvalue weighted by molar-refractivity contribution is 0.163. The van der Waals surface area contributed by atoms with Gasteiger partial charge in [0.1, 0.15) is 0 Å². The number of methoxy groups -OCH3 is 1. The Hall–Kier alpha value is -0.960. The number of sulfone groups is 1. The number of hydrogen-bond acceptors (Lipinski definition) is 5. The number of benzene rings is 1. The molecule has 0 saturated carbocycles. The number of rotatable bonds is 10. The zero-order chi connectivity index (χ0) is 18.4. The predicted molar refractivity (Wildman–Crippen MR) is 94.3 cm³/mol. The topological polar surface area (TPSA) is 80.8 Å². The molecule has 0 unspecified atom stereocenters. The zero-order valence-electron chi connectivity index (χ0n) is 14.7. The molecule has 0 amide bonds. The third-order valence-corrected chi connectivity index (χ3v) is 7.75. The molecule has 0 radical (unpaired) electrons. The molecule has 138 valence electrons. The van der Waals surface area contributed by atoms with Crippen LogP contribution < -0.4 is 0 Å². The molecule has 1 rings (SSSR count). The molecule has 1 aromatic rings. The maximum Gasteiger partial charge on any atom is 0.243 e. The van der Waals surface area contributed by atoms with Crippen LogP contribution in [0.3, 0.4) is 0 Å². The summed E-state index contributed by atoms with van der Waals surface area (Å²) in [5.74, 6) is -0.0210. The molecule has 8 heteroatoms. The van der Waals surface area contributed by atoms with Gasteiger partial charge in [-0.05, 0) is 37.1 Å². The van der Waals surface area contributed by atoms with E-state index in [-0.39, 0.29) is 28.1 Å². The van der Waals surface area contributed by atoms with Gasteiger partial charge in [0.05, 0.1) is 22.2 Å². The molecule has 0 N–H and O–H groups in total. The number of hydrogen-bond donors (Lipinski definition) is 0. The van der Waals surface area contributed by atoms with Gasteiger partial charge < -0.3 is 4.74 Å². The van der Waals surface area contributed by atoms with Crippen molar-refractivity contribution in [2.45, 2.75) is 49.4 Å². The first kappa shape index (κ1) is 21.1. The van der Waals surface area contributed by atoms with Gasteiger partial charge >= 0.3 is 0 Å². The SMILES string of the molecule is CCC(CC)N(CCOC)S(=O)(=O)c1ccc(S(=O)(=O)CC)cc1. The fraction of sp³-hybridized carbons (Fsp3) is 0.625. The second-order valence-corrected chi connectivity index (χ2v) is 9.62. The Morgan fingerprint density at radius 3 is 1.88 bits per heavy atom. The number of nitrogens with zero attached hydrogens (tertiary/aromatic N) is 1. The van der Waals surface area contributed by atoms with E-state index in [1.165, 1.54) is 35.7 Å². The molecule has 0 atom stereocenters. The maximum absolute atomic E-state index is 12.9. The highest BCUT2D eigenvalue weighted by molar-refractivity contribution is 7.91. The highest BCUT2D eigenvalue weighted by Gasteiger charge is 2.29. The largest absolute Gasteiger partial charge is 0.383 e. The fourth-order valence-corrected chi connectivity index (χ4v) is 5.14. The van der Waals surface area contributed by atoms with E-state index in [4.69, 9.17) is 4.74 Å². The Balaban J connectivity index is 3.23. The van der Waals surface area contributed by atoms with Gasteiger partial charge in [0.15, 0.2) is 9.84 Å².